The predicted octanol–water partition coefficient (Wildman–Crippen LogP) is 0.307. The van der Waals surface area contributed by atoms with Crippen molar-refractivity contribution in [2.75, 3.05) is 12.3 Å². The van der Waals surface area contributed by atoms with Gasteiger partial charge in [-0.1, -0.05) is 17.8 Å². The summed E-state index contributed by atoms with van der Waals surface area (Å²) in [5.41, 5.74) is 0.731. The molecule has 0 radical (unpaired) electrons. The van der Waals surface area contributed by atoms with Gasteiger partial charge in [0, 0.05) is 13.6 Å². The van der Waals surface area contributed by atoms with Crippen molar-refractivity contribution >= 4 is 17.7 Å². The topological polar surface area (TPSA) is 67.2 Å². The summed E-state index contributed by atoms with van der Waals surface area (Å²) in [5.74, 6) is 0.252. The number of nitrogens with zero attached hydrogens (tertiary/aromatic N) is 2. The van der Waals surface area contributed by atoms with Crippen molar-refractivity contribution in [2.24, 2.45) is 7.05 Å². The Morgan fingerprint density at radius 1 is 1.81 bits per heavy atom. The molecule has 1 aromatic rings. The molecule has 0 unspecified atom stereocenters. The summed E-state index contributed by atoms with van der Waals surface area (Å²) in [6.45, 7) is 3.94. The van der Waals surface area contributed by atoms with E-state index in [9.17, 15) is 4.79 Å². The second kappa shape index (κ2) is 6.34. The Hall–Kier alpha value is -1.27. The summed E-state index contributed by atoms with van der Waals surface area (Å²) in [6.07, 6.45) is 3.23. The molecule has 0 bridgehead atoms. The molecule has 1 amide bonds. The maximum Gasteiger partial charge on any atom is 0.230 e. The fourth-order valence-electron chi connectivity index (χ4n) is 1.07. The molecule has 1 rings (SSSR count). The molecular formula is C10H15N3O2S. The Kier molecular flexibility index (Phi) is 5.07. The number of hydrogen-bond acceptors (Lipinski definition) is 4. The Morgan fingerprint density at radius 2 is 2.56 bits per heavy atom. The number of carbonyl (C=O) groups is 1. The second-order valence-electron chi connectivity index (χ2n) is 3.13. The Balaban J connectivity index is 2.45. The smallest absolute Gasteiger partial charge is 0.230 e. The van der Waals surface area contributed by atoms with E-state index >= 15 is 0 Å². The minimum atomic E-state index is -0.0570. The fraction of sp³-hybridized carbons (Fsp3) is 0.400. The lowest BCUT2D eigenvalue weighted by Gasteiger charge is -2.04. The van der Waals surface area contributed by atoms with E-state index in [1.165, 1.54) is 11.8 Å². The van der Waals surface area contributed by atoms with Crippen molar-refractivity contribution in [1.82, 2.24) is 14.9 Å². The van der Waals surface area contributed by atoms with E-state index in [0.717, 1.165) is 10.9 Å². The standard InChI is InChI=1S/C10H15N3O2S/c1-3-4-11-9(15)7-16-10-12-5-8(6-14)13(10)2/h3,5,14H,1,4,6-7H2,2H3,(H,11,15). The van der Waals surface area contributed by atoms with E-state index in [1.807, 2.05) is 7.05 Å². The highest BCUT2D eigenvalue weighted by Gasteiger charge is 2.08. The Morgan fingerprint density at radius 3 is 3.12 bits per heavy atom. The van der Waals surface area contributed by atoms with E-state index in [2.05, 4.69) is 16.9 Å². The zero-order valence-electron chi connectivity index (χ0n) is 9.14. The van der Waals surface area contributed by atoms with Gasteiger partial charge in [0.25, 0.3) is 0 Å². The van der Waals surface area contributed by atoms with Gasteiger partial charge < -0.3 is 15.0 Å². The van der Waals surface area contributed by atoms with Gasteiger partial charge in [-0.05, 0) is 0 Å². The molecular weight excluding hydrogens is 226 g/mol. The summed E-state index contributed by atoms with van der Waals surface area (Å²) in [6, 6.07) is 0. The van der Waals surface area contributed by atoms with Gasteiger partial charge in [-0.25, -0.2) is 4.98 Å². The molecule has 0 saturated heterocycles. The highest BCUT2D eigenvalue weighted by molar-refractivity contribution is 7.99. The summed E-state index contributed by atoms with van der Waals surface area (Å²) in [5, 5.41) is 12.4. The van der Waals surface area contributed by atoms with Crippen molar-refractivity contribution in [3.05, 3.63) is 24.5 Å². The van der Waals surface area contributed by atoms with Gasteiger partial charge in [0.05, 0.1) is 24.3 Å². The van der Waals surface area contributed by atoms with Crippen molar-refractivity contribution in [1.29, 1.82) is 0 Å². The first kappa shape index (κ1) is 12.8. The molecule has 0 aliphatic carbocycles. The van der Waals surface area contributed by atoms with Gasteiger partial charge in [0.15, 0.2) is 5.16 Å². The van der Waals surface area contributed by atoms with Crippen LogP contribution in [0.4, 0.5) is 0 Å². The molecule has 5 nitrogen and oxygen atoms in total. The molecule has 0 aliphatic heterocycles. The third-order valence-corrected chi connectivity index (χ3v) is 3.02. The second-order valence-corrected chi connectivity index (χ2v) is 4.07. The summed E-state index contributed by atoms with van der Waals surface area (Å²) >= 11 is 1.34. The minimum absolute atomic E-state index is 0.0489. The number of aliphatic hydroxyl groups is 1. The lowest BCUT2D eigenvalue weighted by Crippen LogP contribution is -2.25. The molecule has 16 heavy (non-hydrogen) atoms. The molecule has 88 valence electrons. The third kappa shape index (κ3) is 3.39. The van der Waals surface area contributed by atoms with Crippen molar-refractivity contribution in [2.45, 2.75) is 11.8 Å². The molecule has 0 spiro atoms. The number of aliphatic hydroxyl groups excluding tert-OH is 1. The first-order valence-electron chi connectivity index (χ1n) is 4.81. The third-order valence-electron chi connectivity index (χ3n) is 1.98. The average molecular weight is 241 g/mol. The largest absolute Gasteiger partial charge is 0.390 e. The van der Waals surface area contributed by atoms with Gasteiger partial charge in [-0.15, -0.1) is 6.58 Å². The zero-order chi connectivity index (χ0) is 12.0. The number of nitrogens with one attached hydrogen (secondary N) is 1. The van der Waals surface area contributed by atoms with Crippen LogP contribution in [0.25, 0.3) is 0 Å². The maximum absolute atomic E-state index is 11.3. The predicted molar refractivity (Wildman–Crippen MR) is 63.1 cm³/mol. The lowest BCUT2D eigenvalue weighted by atomic mass is 10.5. The highest BCUT2D eigenvalue weighted by atomic mass is 32.2. The van der Waals surface area contributed by atoms with Crippen LogP contribution in [0.1, 0.15) is 5.69 Å². The molecule has 0 aromatic carbocycles. The SMILES string of the molecule is C=CCNC(=O)CSc1ncc(CO)n1C. The van der Waals surface area contributed by atoms with Crippen LogP contribution in [0.2, 0.25) is 0 Å². The number of hydrogen-bond donors (Lipinski definition) is 2. The van der Waals surface area contributed by atoms with Gasteiger partial charge in [0.1, 0.15) is 0 Å². The van der Waals surface area contributed by atoms with Crippen LogP contribution in [-0.2, 0) is 18.4 Å². The minimum Gasteiger partial charge on any atom is -0.390 e. The molecule has 0 fully saturated rings. The number of thioether (sulfide) groups is 1. The van der Waals surface area contributed by atoms with E-state index in [1.54, 1.807) is 16.8 Å². The summed E-state index contributed by atoms with van der Waals surface area (Å²) in [7, 11) is 1.81. The molecule has 1 aromatic heterocycles. The number of rotatable bonds is 6. The number of imidazole rings is 1. The molecule has 0 aliphatic rings. The maximum atomic E-state index is 11.3. The monoisotopic (exact) mass is 241 g/mol. The van der Waals surface area contributed by atoms with Crippen LogP contribution in [0.3, 0.4) is 0 Å². The first-order valence-corrected chi connectivity index (χ1v) is 5.79. The Labute approximate surface area is 98.6 Å². The quantitative estimate of drug-likeness (QED) is 0.555. The summed E-state index contributed by atoms with van der Waals surface area (Å²) in [4.78, 5) is 15.4. The molecule has 1 heterocycles. The molecule has 2 N–H and O–H groups in total. The Bertz CT molecular complexity index is 376. The lowest BCUT2D eigenvalue weighted by molar-refractivity contribution is -0.118. The van der Waals surface area contributed by atoms with Crippen LogP contribution >= 0.6 is 11.8 Å². The first-order chi connectivity index (χ1) is 7.69. The van der Waals surface area contributed by atoms with Crippen LogP contribution in [0.15, 0.2) is 24.0 Å². The summed E-state index contributed by atoms with van der Waals surface area (Å²) < 4.78 is 1.77. The highest BCUT2D eigenvalue weighted by Crippen LogP contribution is 2.16. The zero-order valence-corrected chi connectivity index (χ0v) is 9.96. The van der Waals surface area contributed by atoms with Crippen LogP contribution in [0.5, 0.6) is 0 Å². The molecule has 0 atom stereocenters. The van der Waals surface area contributed by atoms with Gasteiger partial charge in [-0.2, -0.15) is 0 Å². The van der Waals surface area contributed by atoms with Gasteiger partial charge in [-0.3, -0.25) is 4.79 Å². The van der Waals surface area contributed by atoms with Gasteiger partial charge in [0.2, 0.25) is 5.91 Å². The van der Waals surface area contributed by atoms with Crippen molar-refractivity contribution in [3.8, 4) is 0 Å². The molecule has 6 heteroatoms. The van der Waals surface area contributed by atoms with Crippen molar-refractivity contribution < 1.29 is 9.90 Å². The molecule has 0 saturated carbocycles. The van der Waals surface area contributed by atoms with Crippen LogP contribution < -0.4 is 5.32 Å². The average Bonchev–Trinajstić information content (AvgIpc) is 2.64. The van der Waals surface area contributed by atoms with E-state index < -0.39 is 0 Å². The normalized spacial score (nSPS) is 10.1. The van der Waals surface area contributed by atoms with Crippen LogP contribution in [-0.4, -0.2) is 32.9 Å². The van der Waals surface area contributed by atoms with E-state index in [0.29, 0.717) is 12.3 Å². The van der Waals surface area contributed by atoms with Crippen molar-refractivity contribution in [3.63, 3.8) is 0 Å². The number of aromatic nitrogens is 2. The van der Waals surface area contributed by atoms with Crippen LogP contribution in [0, 0.1) is 0 Å². The van der Waals surface area contributed by atoms with E-state index in [-0.39, 0.29) is 12.5 Å². The number of amides is 1. The number of carbonyl (C=O) groups excluding carboxylic acids is 1. The van der Waals surface area contributed by atoms with Gasteiger partial charge >= 0.3 is 0 Å². The fourth-order valence-corrected chi connectivity index (χ4v) is 1.87. The van der Waals surface area contributed by atoms with E-state index in [4.69, 9.17) is 5.11 Å².